The van der Waals surface area contributed by atoms with Gasteiger partial charge in [0, 0.05) is 23.5 Å². The predicted octanol–water partition coefficient (Wildman–Crippen LogP) is 4.47. The van der Waals surface area contributed by atoms with Crippen LogP contribution < -0.4 is 9.47 Å². The number of ether oxygens (including phenoxy) is 3. The maximum atomic E-state index is 13.2. The third-order valence-corrected chi connectivity index (χ3v) is 5.75. The van der Waals surface area contributed by atoms with E-state index in [1.165, 1.54) is 0 Å². The Hall–Kier alpha value is -2.56. The topological polar surface area (TPSA) is 61.8 Å². The van der Waals surface area contributed by atoms with Crippen molar-refractivity contribution >= 4 is 11.8 Å². The molecular weight excluding hydrogens is 356 g/mol. The Kier molecular flexibility index (Phi) is 4.56. The van der Waals surface area contributed by atoms with Crippen molar-refractivity contribution in [3.8, 4) is 11.5 Å². The normalized spacial score (nSPS) is 23.0. The zero-order valence-electron chi connectivity index (χ0n) is 16.9. The molecule has 1 aromatic rings. The van der Waals surface area contributed by atoms with Gasteiger partial charge >= 0.3 is 5.97 Å². The summed E-state index contributed by atoms with van der Waals surface area (Å²) in [7, 11) is 0. The quantitative estimate of drug-likeness (QED) is 0.722. The zero-order valence-corrected chi connectivity index (χ0v) is 16.9. The lowest BCUT2D eigenvalue weighted by molar-refractivity contribution is -0.138. The van der Waals surface area contributed by atoms with Gasteiger partial charge in [0.25, 0.3) is 0 Å². The highest BCUT2D eigenvalue weighted by Gasteiger charge is 2.43. The van der Waals surface area contributed by atoms with Crippen LogP contribution in [0, 0.1) is 5.41 Å². The van der Waals surface area contributed by atoms with E-state index in [0.29, 0.717) is 36.5 Å². The van der Waals surface area contributed by atoms with Crippen molar-refractivity contribution in [3.63, 3.8) is 0 Å². The number of hydrogen-bond acceptors (Lipinski definition) is 5. The molecule has 1 atom stereocenters. The number of carbonyl (C=O) groups excluding carboxylic acids is 2. The Balaban J connectivity index is 1.87. The van der Waals surface area contributed by atoms with Crippen LogP contribution in [0.1, 0.15) is 58.4 Å². The molecule has 1 aliphatic heterocycles. The fraction of sp³-hybridized carbons (Fsp3) is 0.478. The number of Topliss-reactive ketones (excluding diaryl/α,β-unsaturated/α-hetero) is 1. The van der Waals surface area contributed by atoms with E-state index in [-0.39, 0.29) is 24.0 Å². The molecule has 0 aromatic heterocycles. The van der Waals surface area contributed by atoms with Crippen molar-refractivity contribution in [2.24, 2.45) is 5.41 Å². The molecule has 0 unspecified atom stereocenters. The fourth-order valence-electron chi connectivity index (χ4n) is 4.72. The molecule has 28 heavy (non-hydrogen) atoms. The molecule has 3 aliphatic rings. The lowest BCUT2D eigenvalue weighted by Crippen LogP contribution is -2.33. The van der Waals surface area contributed by atoms with Crippen LogP contribution in [-0.2, 0) is 14.3 Å². The molecule has 0 saturated heterocycles. The Morgan fingerprint density at radius 1 is 1.21 bits per heavy atom. The number of esters is 1. The lowest BCUT2D eigenvalue weighted by Gasteiger charge is -2.39. The van der Waals surface area contributed by atoms with E-state index in [0.717, 1.165) is 28.7 Å². The summed E-state index contributed by atoms with van der Waals surface area (Å²) in [6.45, 7) is 8.52. The number of carbonyl (C=O) groups is 2. The van der Waals surface area contributed by atoms with Crippen LogP contribution in [-0.4, -0.2) is 25.2 Å². The van der Waals surface area contributed by atoms with Gasteiger partial charge in [-0.3, -0.25) is 4.79 Å². The van der Waals surface area contributed by atoms with Gasteiger partial charge in [-0.1, -0.05) is 31.1 Å². The maximum Gasteiger partial charge on any atom is 0.334 e. The molecule has 5 nitrogen and oxygen atoms in total. The molecule has 1 aromatic carbocycles. The summed E-state index contributed by atoms with van der Waals surface area (Å²) in [5.74, 6) is 0.703. The second kappa shape index (κ2) is 6.80. The molecular formula is C23H26O5. The second-order valence-corrected chi connectivity index (χ2v) is 8.60. The van der Waals surface area contributed by atoms with Crippen LogP contribution in [0.3, 0.4) is 0 Å². The molecule has 0 N–H and O–H groups in total. The van der Waals surface area contributed by atoms with E-state index in [4.69, 9.17) is 14.2 Å². The first kappa shape index (κ1) is 18.8. The van der Waals surface area contributed by atoms with Gasteiger partial charge in [-0.25, -0.2) is 4.79 Å². The Labute approximate surface area is 165 Å². The number of benzene rings is 1. The van der Waals surface area contributed by atoms with Crippen LogP contribution in [0.2, 0.25) is 0 Å². The highest BCUT2D eigenvalue weighted by atomic mass is 16.7. The van der Waals surface area contributed by atoms with E-state index in [1.807, 2.05) is 25.1 Å². The van der Waals surface area contributed by atoms with Crippen LogP contribution in [0.5, 0.6) is 11.5 Å². The van der Waals surface area contributed by atoms with Gasteiger partial charge in [0.1, 0.15) is 0 Å². The third kappa shape index (κ3) is 3.13. The summed E-state index contributed by atoms with van der Waals surface area (Å²) in [6.07, 6.45) is 2.00. The Bertz CT molecular complexity index is 919. The summed E-state index contributed by atoms with van der Waals surface area (Å²) in [4.78, 5) is 26.1. The van der Waals surface area contributed by atoms with Crippen LogP contribution in [0.25, 0.3) is 0 Å². The van der Waals surface area contributed by atoms with E-state index in [1.54, 1.807) is 6.92 Å². The van der Waals surface area contributed by atoms with Gasteiger partial charge in [-0.05, 0) is 49.8 Å². The molecule has 1 heterocycles. The van der Waals surface area contributed by atoms with Gasteiger partial charge in [0.05, 0.1) is 6.61 Å². The van der Waals surface area contributed by atoms with Crippen molar-refractivity contribution in [3.05, 3.63) is 46.1 Å². The molecule has 148 valence electrons. The summed E-state index contributed by atoms with van der Waals surface area (Å²) in [5, 5.41) is 0. The predicted molar refractivity (Wildman–Crippen MR) is 104 cm³/mol. The molecule has 0 amide bonds. The first-order chi connectivity index (χ1) is 13.3. The van der Waals surface area contributed by atoms with Crippen molar-refractivity contribution < 1.29 is 23.8 Å². The monoisotopic (exact) mass is 382 g/mol. The van der Waals surface area contributed by atoms with Crippen LogP contribution >= 0.6 is 0 Å². The molecule has 5 heteroatoms. The first-order valence-corrected chi connectivity index (χ1v) is 9.82. The smallest absolute Gasteiger partial charge is 0.334 e. The van der Waals surface area contributed by atoms with Crippen molar-refractivity contribution in [1.82, 2.24) is 0 Å². The number of allylic oxidation sites excluding steroid dienone is 3. The summed E-state index contributed by atoms with van der Waals surface area (Å²) in [5.41, 5.74) is 4.29. The van der Waals surface area contributed by atoms with Crippen molar-refractivity contribution in [2.45, 2.75) is 52.9 Å². The van der Waals surface area contributed by atoms with Gasteiger partial charge in [0.2, 0.25) is 6.79 Å². The summed E-state index contributed by atoms with van der Waals surface area (Å²) >= 11 is 0. The fourth-order valence-corrected chi connectivity index (χ4v) is 4.72. The Morgan fingerprint density at radius 3 is 2.71 bits per heavy atom. The number of hydrogen-bond donors (Lipinski definition) is 0. The minimum atomic E-state index is -0.416. The van der Waals surface area contributed by atoms with Crippen LogP contribution in [0.4, 0.5) is 0 Å². The zero-order chi connectivity index (χ0) is 20.1. The maximum absolute atomic E-state index is 13.2. The first-order valence-electron chi connectivity index (χ1n) is 9.82. The van der Waals surface area contributed by atoms with Crippen molar-refractivity contribution in [2.75, 3.05) is 13.4 Å². The average Bonchev–Trinajstić information content (AvgIpc) is 3.07. The summed E-state index contributed by atoms with van der Waals surface area (Å²) in [6, 6.07) is 5.66. The van der Waals surface area contributed by atoms with Gasteiger partial charge < -0.3 is 14.2 Å². The standard InChI is InChI=1S/C23H26O5/c1-5-26-22(25)19-13(2)8-15-10-23(3,4)11-16(24)20(15)21(19)14-6-7-17-18(9-14)28-12-27-17/h6-7,9,21H,5,8,10-12H2,1-4H3/t21-/m1/s1. The van der Waals surface area contributed by atoms with E-state index in [2.05, 4.69) is 13.8 Å². The molecule has 0 radical (unpaired) electrons. The second-order valence-electron chi connectivity index (χ2n) is 8.60. The molecule has 4 rings (SSSR count). The average molecular weight is 382 g/mol. The highest BCUT2D eigenvalue weighted by Crippen LogP contribution is 2.51. The van der Waals surface area contributed by atoms with E-state index in [9.17, 15) is 9.59 Å². The van der Waals surface area contributed by atoms with Gasteiger partial charge in [-0.2, -0.15) is 0 Å². The van der Waals surface area contributed by atoms with Crippen LogP contribution in [0.15, 0.2) is 40.5 Å². The van der Waals surface area contributed by atoms with Gasteiger partial charge in [0.15, 0.2) is 17.3 Å². The lowest BCUT2D eigenvalue weighted by atomic mass is 9.64. The minimum absolute atomic E-state index is 0.0585. The molecule has 0 bridgehead atoms. The molecule has 0 fully saturated rings. The summed E-state index contributed by atoms with van der Waals surface area (Å²) < 4.78 is 16.3. The van der Waals surface area contributed by atoms with Crippen molar-refractivity contribution in [1.29, 1.82) is 0 Å². The molecule has 2 aliphatic carbocycles. The molecule has 0 saturated carbocycles. The number of fused-ring (bicyclic) bond motifs is 1. The number of rotatable bonds is 3. The third-order valence-electron chi connectivity index (χ3n) is 5.75. The largest absolute Gasteiger partial charge is 0.463 e. The van der Waals surface area contributed by atoms with Gasteiger partial charge in [-0.15, -0.1) is 0 Å². The highest BCUT2D eigenvalue weighted by molar-refractivity contribution is 6.04. The van der Waals surface area contributed by atoms with E-state index < -0.39 is 5.92 Å². The SMILES string of the molecule is CCOC(=O)C1=C(C)CC2=C(C(=O)CC(C)(C)C2)[C@@H]1c1ccc2c(c1)OCO2. The number of ketones is 1. The Morgan fingerprint density at radius 2 is 1.96 bits per heavy atom. The minimum Gasteiger partial charge on any atom is -0.463 e. The van der Waals surface area contributed by atoms with E-state index >= 15 is 0 Å². The molecule has 0 spiro atoms.